The van der Waals surface area contributed by atoms with Crippen LogP contribution in [-0.2, 0) is 11.2 Å². The Hall–Kier alpha value is -1.92. The zero-order valence-electron chi connectivity index (χ0n) is 7.78. The third-order valence-corrected chi connectivity index (χ3v) is 1.65. The Bertz CT molecular complexity index is 400. The summed E-state index contributed by atoms with van der Waals surface area (Å²) in [6, 6.07) is 3.26. The maximum atomic E-state index is 11.9. The van der Waals surface area contributed by atoms with Crippen molar-refractivity contribution >= 4 is 5.97 Å². The minimum atomic E-state index is -4.93. The molecule has 1 rings (SSSR count). The molecule has 0 atom stereocenters. The standard InChI is InChI=1S/C9H7F3O4/c10-9(11,12)16-6-3-1-2-5(8(6)15)4-7(13)14/h1-3,15H,4H2,(H,13,14). The Morgan fingerprint density at radius 3 is 2.50 bits per heavy atom. The summed E-state index contributed by atoms with van der Waals surface area (Å²) in [4.78, 5) is 10.3. The Kier molecular flexibility index (Phi) is 3.26. The van der Waals surface area contributed by atoms with Gasteiger partial charge in [0.05, 0.1) is 6.42 Å². The lowest BCUT2D eigenvalue weighted by molar-refractivity contribution is -0.275. The highest BCUT2D eigenvalue weighted by atomic mass is 19.4. The van der Waals surface area contributed by atoms with E-state index in [9.17, 15) is 23.1 Å². The molecule has 0 radical (unpaired) electrons. The number of carbonyl (C=O) groups is 1. The second kappa shape index (κ2) is 4.30. The SMILES string of the molecule is O=C(O)Cc1cccc(OC(F)(F)F)c1O. The number of phenolic OH excluding ortho intramolecular Hbond substituents is 1. The number of hydrogen-bond donors (Lipinski definition) is 2. The number of rotatable bonds is 3. The summed E-state index contributed by atoms with van der Waals surface area (Å²) in [7, 11) is 0. The lowest BCUT2D eigenvalue weighted by Crippen LogP contribution is -2.17. The van der Waals surface area contributed by atoms with E-state index in [1.807, 2.05) is 0 Å². The molecule has 0 aliphatic carbocycles. The first-order chi connectivity index (χ1) is 7.29. The van der Waals surface area contributed by atoms with E-state index >= 15 is 0 Å². The predicted molar refractivity (Wildman–Crippen MR) is 46.1 cm³/mol. The Morgan fingerprint density at radius 1 is 1.38 bits per heavy atom. The molecule has 0 aliphatic rings. The topological polar surface area (TPSA) is 66.8 Å². The summed E-state index contributed by atoms with van der Waals surface area (Å²) in [5, 5.41) is 17.8. The predicted octanol–water partition coefficient (Wildman–Crippen LogP) is 1.92. The molecule has 0 aromatic heterocycles. The summed E-state index contributed by atoms with van der Waals surface area (Å²) < 4.78 is 39.1. The smallest absolute Gasteiger partial charge is 0.504 e. The number of aromatic hydroxyl groups is 1. The van der Waals surface area contributed by atoms with Crippen LogP contribution in [-0.4, -0.2) is 22.5 Å². The monoisotopic (exact) mass is 236 g/mol. The summed E-state index contributed by atoms with van der Waals surface area (Å²) in [6.45, 7) is 0. The third kappa shape index (κ3) is 3.34. The number of hydrogen-bond acceptors (Lipinski definition) is 3. The van der Waals surface area contributed by atoms with Crippen molar-refractivity contribution in [2.45, 2.75) is 12.8 Å². The van der Waals surface area contributed by atoms with E-state index in [1.165, 1.54) is 12.1 Å². The van der Waals surface area contributed by atoms with E-state index < -0.39 is 30.3 Å². The summed E-state index contributed by atoms with van der Waals surface area (Å²) in [5.41, 5.74) is -0.144. The molecule has 16 heavy (non-hydrogen) atoms. The number of phenols is 1. The van der Waals surface area contributed by atoms with Gasteiger partial charge in [-0.3, -0.25) is 4.79 Å². The average Bonchev–Trinajstić information content (AvgIpc) is 2.09. The third-order valence-electron chi connectivity index (χ3n) is 1.65. The normalized spacial score (nSPS) is 11.2. The second-order valence-corrected chi connectivity index (χ2v) is 2.88. The van der Waals surface area contributed by atoms with Gasteiger partial charge in [0, 0.05) is 5.56 Å². The Balaban J connectivity index is 2.99. The molecule has 0 saturated heterocycles. The fourth-order valence-corrected chi connectivity index (χ4v) is 1.08. The lowest BCUT2D eigenvalue weighted by atomic mass is 10.1. The van der Waals surface area contributed by atoms with E-state index in [-0.39, 0.29) is 5.56 Å². The van der Waals surface area contributed by atoms with Crippen molar-refractivity contribution in [1.29, 1.82) is 0 Å². The van der Waals surface area contributed by atoms with E-state index in [0.717, 1.165) is 6.07 Å². The number of carboxylic acid groups (broad SMARTS) is 1. The van der Waals surface area contributed by atoms with Crippen LogP contribution < -0.4 is 4.74 Å². The molecule has 0 aliphatic heterocycles. The molecule has 0 fully saturated rings. The fourth-order valence-electron chi connectivity index (χ4n) is 1.08. The molecular weight excluding hydrogens is 229 g/mol. The second-order valence-electron chi connectivity index (χ2n) is 2.88. The number of para-hydroxylation sites is 1. The number of carboxylic acids is 1. The van der Waals surface area contributed by atoms with Gasteiger partial charge in [0.25, 0.3) is 0 Å². The minimum Gasteiger partial charge on any atom is -0.504 e. The molecule has 0 spiro atoms. The number of ether oxygens (including phenoxy) is 1. The number of benzene rings is 1. The molecule has 0 bridgehead atoms. The van der Waals surface area contributed by atoms with Gasteiger partial charge >= 0.3 is 12.3 Å². The first-order valence-electron chi connectivity index (χ1n) is 4.08. The molecule has 0 saturated carbocycles. The van der Waals surface area contributed by atoms with Crippen molar-refractivity contribution in [3.63, 3.8) is 0 Å². The van der Waals surface area contributed by atoms with Crippen LogP contribution in [0.3, 0.4) is 0 Å². The van der Waals surface area contributed by atoms with Crippen LogP contribution in [0.25, 0.3) is 0 Å². The minimum absolute atomic E-state index is 0.144. The van der Waals surface area contributed by atoms with Gasteiger partial charge in [-0.05, 0) is 6.07 Å². The first-order valence-corrected chi connectivity index (χ1v) is 4.08. The van der Waals surface area contributed by atoms with E-state index in [1.54, 1.807) is 0 Å². The Labute approximate surface area is 87.9 Å². The molecule has 0 unspecified atom stereocenters. The van der Waals surface area contributed by atoms with Gasteiger partial charge < -0.3 is 14.9 Å². The molecule has 7 heteroatoms. The van der Waals surface area contributed by atoms with Crippen LogP contribution in [0.4, 0.5) is 13.2 Å². The van der Waals surface area contributed by atoms with Crippen molar-refractivity contribution in [1.82, 2.24) is 0 Å². The van der Waals surface area contributed by atoms with Gasteiger partial charge in [-0.15, -0.1) is 13.2 Å². The average molecular weight is 236 g/mol. The zero-order chi connectivity index (χ0) is 12.3. The molecule has 1 aromatic rings. The highest BCUT2D eigenvalue weighted by molar-refractivity contribution is 5.72. The number of alkyl halides is 3. The molecule has 4 nitrogen and oxygen atoms in total. The van der Waals surface area contributed by atoms with Gasteiger partial charge in [0.1, 0.15) is 0 Å². The van der Waals surface area contributed by atoms with Crippen LogP contribution in [0.1, 0.15) is 5.56 Å². The summed E-state index contributed by atoms with van der Waals surface area (Å²) in [5.74, 6) is -2.90. The van der Waals surface area contributed by atoms with Crippen LogP contribution in [0, 0.1) is 0 Å². The Morgan fingerprint density at radius 2 is 2.00 bits per heavy atom. The van der Waals surface area contributed by atoms with Crippen LogP contribution in [0.15, 0.2) is 18.2 Å². The van der Waals surface area contributed by atoms with Crippen LogP contribution in [0.2, 0.25) is 0 Å². The quantitative estimate of drug-likeness (QED) is 0.841. The molecule has 2 N–H and O–H groups in total. The first kappa shape index (κ1) is 12.2. The highest BCUT2D eigenvalue weighted by Crippen LogP contribution is 2.34. The van der Waals surface area contributed by atoms with Crippen molar-refractivity contribution in [2.75, 3.05) is 0 Å². The summed E-state index contributed by atoms with van der Waals surface area (Å²) >= 11 is 0. The van der Waals surface area contributed by atoms with Gasteiger partial charge in [0.2, 0.25) is 0 Å². The molecule has 1 aromatic carbocycles. The molecule has 0 amide bonds. The fraction of sp³-hybridized carbons (Fsp3) is 0.222. The lowest BCUT2D eigenvalue weighted by Gasteiger charge is -2.11. The maximum absolute atomic E-state index is 11.9. The molecule has 0 heterocycles. The molecule has 88 valence electrons. The molecular formula is C9H7F3O4. The van der Waals surface area contributed by atoms with E-state index in [4.69, 9.17) is 5.11 Å². The van der Waals surface area contributed by atoms with Crippen molar-refractivity contribution in [2.24, 2.45) is 0 Å². The van der Waals surface area contributed by atoms with Gasteiger partial charge in [-0.1, -0.05) is 12.1 Å². The van der Waals surface area contributed by atoms with Gasteiger partial charge in [-0.25, -0.2) is 0 Å². The zero-order valence-corrected chi connectivity index (χ0v) is 7.78. The van der Waals surface area contributed by atoms with Crippen molar-refractivity contribution < 1.29 is 32.9 Å². The van der Waals surface area contributed by atoms with Gasteiger partial charge in [-0.2, -0.15) is 0 Å². The van der Waals surface area contributed by atoms with Crippen molar-refractivity contribution in [3.05, 3.63) is 23.8 Å². The van der Waals surface area contributed by atoms with E-state index in [2.05, 4.69) is 4.74 Å². The largest absolute Gasteiger partial charge is 0.573 e. The summed E-state index contributed by atoms with van der Waals surface area (Å²) in [6.07, 6.45) is -5.51. The number of halogens is 3. The van der Waals surface area contributed by atoms with Crippen LogP contribution in [0.5, 0.6) is 11.5 Å². The maximum Gasteiger partial charge on any atom is 0.573 e. The highest BCUT2D eigenvalue weighted by Gasteiger charge is 2.32. The van der Waals surface area contributed by atoms with Crippen molar-refractivity contribution in [3.8, 4) is 11.5 Å². The van der Waals surface area contributed by atoms with E-state index in [0.29, 0.717) is 0 Å². The van der Waals surface area contributed by atoms with Gasteiger partial charge in [0.15, 0.2) is 11.5 Å². The number of aliphatic carboxylic acids is 1. The van der Waals surface area contributed by atoms with Crippen LogP contribution >= 0.6 is 0 Å².